The van der Waals surface area contributed by atoms with Gasteiger partial charge < -0.3 is 69.4 Å². The van der Waals surface area contributed by atoms with Gasteiger partial charge in [0.2, 0.25) is 11.8 Å². The molecule has 4 aliphatic rings. The minimum Gasteiger partial charge on any atom is -0.490 e. The second-order valence-corrected chi connectivity index (χ2v) is 26.2. The predicted octanol–water partition coefficient (Wildman–Crippen LogP) is 9.37. The molecule has 3 aliphatic heterocycles. The first-order valence-electron chi connectivity index (χ1n) is 33.7. The van der Waals surface area contributed by atoms with Gasteiger partial charge in [-0.05, 0) is 120 Å². The Bertz CT molecular complexity index is 3650. The van der Waals surface area contributed by atoms with Crippen LogP contribution in [0.1, 0.15) is 127 Å². The summed E-state index contributed by atoms with van der Waals surface area (Å²) in [6.45, 7) is 14.4. The molecule has 518 valence electrons. The molecule has 0 bridgehead atoms. The number of rotatable bonds is 32. The number of nitrogens with zero attached hydrogens (tertiary/aromatic N) is 5. The van der Waals surface area contributed by atoms with Gasteiger partial charge in [0.25, 0.3) is 11.8 Å². The normalized spacial score (nSPS) is 18.5. The van der Waals surface area contributed by atoms with Crippen LogP contribution in [0.25, 0.3) is 11.1 Å². The average molecular weight is 1350 g/mol. The Kier molecular flexibility index (Phi) is 25.3. The van der Waals surface area contributed by atoms with E-state index in [9.17, 15) is 24.0 Å². The largest absolute Gasteiger partial charge is 0.490 e. The summed E-state index contributed by atoms with van der Waals surface area (Å²) in [5.41, 5.74) is 13.4. The second-order valence-electron chi connectivity index (χ2n) is 25.8. The van der Waals surface area contributed by atoms with Crippen LogP contribution in [0.4, 0.5) is 22.9 Å². The van der Waals surface area contributed by atoms with Gasteiger partial charge in [-0.3, -0.25) is 28.9 Å². The summed E-state index contributed by atoms with van der Waals surface area (Å²) in [5.74, 6) is -0.402. The molecule has 23 heteroatoms. The summed E-state index contributed by atoms with van der Waals surface area (Å²) < 4.78 is 45.7. The zero-order valence-corrected chi connectivity index (χ0v) is 57.2. The highest BCUT2D eigenvalue weighted by Gasteiger charge is 2.48. The third-order valence-electron chi connectivity index (χ3n) is 18.2. The zero-order valence-electron chi connectivity index (χ0n) is 56.5. The van der Waals surface area contributed by atoms with Crippen molar-refractivity contribution >= 4 is 64.1 Å². The highest BCUT2D eigenvalue weighted by molar-refractivity contribution is 6.32. The Morgan fingerprint density at radius 2 is 1.40 bits per heavy atom. The van der Waals surface area contributed by atoms with Crippen LogP contribution in [0, 0.1) is 5.92 Å². The van der Waals surface area contributed by atoms with E-state index in [-0.39, 0.29) is 60.5 Å². The molecular weight excluding hydrogens is 1260 g/mol. The maximum absolute atomic E-state index is 14.6. The number of methoxy groups -OCH3 is 2. The summed E-state index contributed by atoms with van der Waals surface area (Å²) in [6, 6.07) is 33.7. The first-order chi connectivity index (χ1) is 47.0. The number of amides is 4. The lowest BCUT2D eigenvalue weighted by atomic mass is 9.79. The molecule has 1 saturated carbocycles. The van der Waals surface area contributed by atoms with Gasteiger partial charge in [-0.1, -0.05) is 99.8 Å². The summed E-state index contributed by atoms with van der Waals surface area (Å²) in [7, 11) is 2.97. The minimum atomic E-state index is -0.834. The monoisotopic (exact) mass is 1350 g/mol. The third-order valence-corrected chi connectivity index (χ3v) is 18.5. The van der Waals surface area contributed by atoms with E-state index >= 15 is 0 Å². The molecule has 22 nitrogen and oxygen atoms in total. The molecule has 0 spiro atoms. The van der Waals surface area contributed by atoms with Crippen LogP contribution in [-0.2, 0) is 59.4 Å². The number of anilines is 4. The molecule has 97 heavy (non-hydrogen) atoms. The number of esters is 1. The van der Waals surface area contributed by atoms with Gasteiger partial charge in [-0.2, -0.15) is 0 Å². The predicted molar refractivity (Wildman–Crippen MR) is 372 cm³/mol. The Morgan fingerprint density at radius 1 is 0.742 bits per heavy atom. The summed E-state index contributed by atoms with van der Waals surface area (Å²) in [6.07, 6.45) is 4.62. The Labute approximate surface area is 573 Å². The van der Waals surface area contributed by atoms with E-state index < -0.39 is 30.0 Å². The lowest BCUT2D eigenvalue weighted by Crippen LogP contribution is -2.48. The molecule has 1 saturated heterocycles. The quantitative estimate of drug-likeness (QED) is 0.0174. The molecule has 1 unspecified atom stereocenters. The molecule has 6 aromatic rings. The van der Waals surface area contributed by atoms with Crippen molar-refractivity contribution in [3.05, 3.63) is 160 Å². The molecule has 4 heterocycles. The molecule has 5 aromatic carbocycles. The van der Waals surface area contributed by atoms with Gasteiger partial charge >= 0.3 is 5.97 Å². The van der Waals surface area contributed by atoms with Crippen molar-refractivity contribution in [3.8, 4) is 16.9 Å². The lowest BCUT2D eigenvalue weighted by Gasteiger charge is -2.42. The lowest BCUT2D eigenvalue weighted by molar-refractivity contribution is -0.143. The molecule has 4 amide bonds. The fraction of sp³-hybridized carbons (Fsp3) is 0.473. The molecule has 0 radical (unpaired) electrons. The van der Waals surface area contributed by atoms with E-state index in [1.807, 2.05) is 97.9 Å². The van der Waals surface area contributed by atoms with Crippen molar-refractivity contribution < 1.29 is 61.9 Å². The van der Waals surface area contributed by atoms with E-state index in [0.717, 1.165) is 53.6 Å². The van der Waals surface area contributed by atoms with Crippen molar-refractivity contribution in [1.82, 2.24) is 25.9 Å². The fourth-order valence-electron chi connectivity index (χ4n) is 13.3. The third kappa shape index (κ3) is 18.3. The van der Waals surface area contributed by atoms with Crippen molar-refractivity contribution in [2.24, 2.45) is 5.92 Å². The summed E-state index contributed by atoms with van der Waals surface area (Å²) in [5, 5.41) is 9.59. The van der Waals surface area contributed by atoms with Gasteiger partial charge in [0.1, 0.15) is 36.0 Å². The average Bonchev–Trinajstić information content (AvgIpc) is 1.38. The van der Waals surface area contributed by atoms with Crippen LogP contribution in [0.5, 0.6) is 5.75 Å². The van der Waals surface area contributed by atoms with Crippen molar-refractivity contribution in [3.63, 3.8) is 0 Å². The van der Waals surface area contributed by atoms with Gasteiger partial charge in [0.05, 0.1) is 116 Å². The van der Waals surface area contributed by atoms with Gasteiger partial charge in [0, 0.05) is 66.4 Å². The van der Waals surface area contributed by atoms with Crippen LogP contribution < -0.4 is 41.1 Å². The maximum atomic E-state index is 14.6. The molecule has 2 fully saturated rings. The number of hydrogen-bond acceptors (Lipinski definition) is 18. The number of aromatic nitrogens is 2. The second kappa shape index (κ2) is 34.3. The van der Waals surface area contributed by atoms with E-state index in [2.05, 4.69) is 46.5 Å². The smallest absolute Gasteiger partial charge is 0.315 e. The molecule has 5 N–H and O–H groups in total. The van der Waals surface area contributed by atoms with Gasteiger partial charge in [-0.25, -0.2) is 9.97 Å². The number of ether oxygens (including phenoxy) is 8. The van der Waals surface area contributed by atoms with Crippen LogP contribution in [0.15, 0.2) is 115 Å². The molecule has 6 atom stereocenters. The number of benzene rings is 5. The van der Waals surface area contributed by atoms with Crippen LogP contribution in [-0.4, -0.2) is 171 Å². The molecular formula is C74H92ClN9O13. The Morgan fingerprint density at radius 3 is 2.08 bits per heavy atom. The van der Waals surface area contributed by atoms with Crippen LogP contribution >= 0.6 is 11.6 Å². The highest BCUT2D eigenvalue weighted by atomic mass is 35.5. The van der Waals surface area contributed by atoms with E-state index in [1.165, 1.54) is 7.11 Å². The first-order valence-corrected chi connectivity index (χ1v) is 34.1. The number of hydrogen-bond donors (Lipinski definition) is 4. The maximum Gasteiger partial charge on any atom is 0.315 e. The van der Waals surface area contributed by atoms with E-state index in [1.54, 1.807) is 36.3 Å². The molecule has 1 aliphatic carbocycles. The minimum absolute atomic E-state index is 0.0854. The number of carbonyl (C=O) groups excluding carboxylic acids is 5. The SMILES string of the molecule is COCCNC(=O)[C@@H]1C[C@@H]2CCCC[C@@H]2N1c1cc(C(C)NC(=O)c2ccc(-c3ccc(N)cc3)cc2)nc(CC(=O)NCCOCCOCCOCCOCCOCCN2CCOc3ccc([C@@H]4[C@@H](C(=O)OC)c5ccccc5C(=O)N4c4ccc(C(C)(C)C)c(Cl)c4)cc32)n1. The number of fused-ring (bicyclic) bond motifs is 3. The molecule has 10 rings (SSSR count). The van der Waals surface area contributed by atoms with Crippen LogP contribution in [0.3, 0.4) is 0 Å². The van der Waals surface area contributed by atoms with Crippen molar-refractivity contribution in [2.45, 2.75) is 102 Å². The number of carbonyl (C=O) groups is 5. The number of nitrogen functional groups attached to an aromatic ring is 1. The van der Waals surface area contributed by atoms with E-state index in [0.29, 0.717) is 155 Å². The van der Waals surface area contributed by atoms with Crippen molar-refractivity contribution in [2.75, 3.05) is 140 Å². The fourth-order valence-corrected chi connectivity index (χ4v) is 13.8. The van der Waals surface area contributed by atoms with Gasteiger partial charge in [-0.15, -0.1) is 0 Å². The summed E-state index contributed by atoms with van der Waals surface area (Å²) >= 11 is 6.93. The highest BCUT2D eigenvalue weighted by Crippen LogP contribution is 2.49. The van der Waals surface area contributed by atoms with E-state index in [4.69, 9.17) is 65.2 Å². The van der Waals surface area contributed by atoms with Crippen LogP contribution in [0.2, 0.25) is 5.02 Å². The van der Waals surface area contributed by atoms with Gasteiger partial charge in [0.15, 0.2) is 0 Å². The number of halogens is 1. The Balaban J connectivity index is 0.633. The standard InChI is InChI=1S/C74H92ClN9O13/c1-48(79-70(86)51-17-15-49(16-18-51)50-19-22-54(76)23-20-50)60-46-66(84-61-14-10-7-11-52(61)43-63(84)71(87)78-27-31-90-5)81-65(80-60)47-67(85)77-28-32-92-35-37-94-39-41-96-42-40-95-38-36-93-33-29-82-30-34-97-64-26-21-53(44-62(64)82)69-68(73(89)91-6)56-12-8-9-13-57(56)72(88)83(69)55-24-25-58(59(75)45-55)74(2,3)4/h8-9,12-13,15-26,44-46,48,52,61,63,68-69H,7,10-11,14,27-43,47,76H2,1-6H3,(H,77,85)(H,78,87)(H,79,86)/t48?,52-,61-,63-,68-,69+/m0/s1. The first kappa shape index (κ1) is 71.5. The topological polar surface area (TPSA) is 257 Å². The number of nitrogens with one attached hydrogen (secondary N) is 3. The Hall–Kier alpha value is -8.22. The zero-order chi connectivity index (χ0) is 68.4. The number of nitrogens with two attached hydrogens (primary N) is 1. The summed E-state index contributed by atoms with van der Waals surface area (Å²) in [4.78, 5) is 85.3. The molecule has 1 aromatic heterocycles. The van der Waals surface area contributed by atoms with Crippen molar-refractivity contribution in [1.29, 1.82) is 0 Å².